The maximum atomic E-state index is 12.9. The summed E-state index contributed by atoms with van der Waals surface area (Å²) in [6, 6.07) is 11.9. The van der Waals surface area contributed by atoms with Crippen LogP contribution in [0.1, 0.15) is 16.7 Å². The quantitative estimate of drug-likeness (QED) is 0.791. The second-order valence-electron chi connectivity index (χ2n) is 7.30. The maximum Gasteiger partial charge on any atom is 0.246 e. The number of nitrogens with one attached hydrogen (secondary N) is 1. The van der Waals surface area contributed by atoms with E-state index in [2.05, 4.69) is 10.2 Å². The number of carbonyl (C=O) groups is 2. The number of piperazine rings is 1. The number of aryl methyl sites for hydroxylation is 2. The summed E-state index contributed by atoms with van der Waals surface area (Å²) in [5.74, 6) is -0.418. The lowest BCUT2D eigenvalue weighted by Crippen LogP contribution is -2.50. The molecule has 0 unspecified atom stereocenters. The molecule has 1 aliphatic heterocycles. The fourth-order valence-electron chi connectivity index (χ4n) is 3.37. The molecule has 0 spiro atoms. The van der Waals surface area contributed by atoms with Crippen LogP contribution in [0.2, 0.25) is 0 Å². The monoisotopic (exact) mass is 395 g/mol. The molecule has 1 heterocycles. The van der Waals surface area contributed by atoms with E-state index < -0.39 is 0 Å². The number of halogens is 1. The van der Waals surface area contributed by atoms with Gasteiger partial charge in [-0.1, -0.05) is 30.3 Å². The Balaban J connectivity index is 1.46. The van der Waals surface area contributed by atoms with Gasteiger partial charge in [0.15, 0.2) is 0 Å². The van der Waals surface area contributed by atoms with Gasteiger partial charge in [0.25, 0.3) is 0 Å². The normalized spacial score (nSPS) is 14.9. The number of hydrogen-bond donors (Lipinski definition) is 1. The van der Waals surface area contributed by atoms with Crippen LogP contribution in [0, 0.1) is 19.7 Å². The number of nitrogens with zero attached hydrogens (tertiary/aromatic N) is 2. The van der Waals surface area contributed by atoms with Gasteiger partial charge in [-0.3, -0.25) is 14.5 Å². The largest absolute Gasteiger partial charge is 0.337 e. The lowest BCUT2D eigenvalue weighted by molar-refractivity contribution is -0.127. The molecule has 0 bridgehead atoms. The Morgan fingerprint density at radius 1 is 1.00 bits per heavy atom. The predicted octanol–water partition coefficient (Wildman–Crippen LogP) is 3.24. The molecule has 0 aromatic heterocycles. The second kappa shape index (κ2) is 9.47. The molecule has 29 heavy (non-hydrogen) atoms. The molecule has 1 fully saturated rings. The first kappa shape index (κ1) is 20.7. The summed E-state index contributed by atoms with van der Waals surface area (Å²) >= 11 is 0. The van der Waals surface area contributed by atoms with Gasteiger partial charge in [-0.05, 0) is 48.7 Å². The lowest BCUT2D eigenvalue weighted by atomic mass is 10.1. The smallest absolute Gasteiger partial charge is 0.246 e. The van der Waals surface area contributed by atoms with Crippen molar-refractivity contribution in [3.8, 4) is 0 Å². The Hall–Kier alpha value is -2.99. The number of rotatable bonds is 5. The average molecular weight is 395 g/mol. The van der Waals surface area contributed by atoms with Crippen LogP contribution in [-0.4, -0.2) is 54.3 Å². The predicted molar refractivity (Wildman–Crippen MR) is 113 cm³/mol. The third kappa shape index (κ3) is 5.74. The summed E-state index contributed by atoms with van der Waals surface area (Å²) < 4.78 is 12.9. The van der Waals surface area contributed by atoms with E-state index in [1.807, 2.05) is 32.0 Å². The summed E-state index contributed by atoms with van der Waals surface area (Å²) in [6.45, 7) is 6.71. The van der Waals surface area contributed by atoms with Gasteiger partial charge in [0, 0.05) is 37.9 Å². The average Bonchev–Trinajstić information content (AvgIpc) is 2.71. The van der Waals surface area contributed by atoms with Crippen molar-refractivity contribution in [1.82, 2.24) is 9.80 Å². The zero-order chi connectivity index (χ0) is 20.8. The molecule has 2 amide bonds. The van der Waals surface area contributed by atoms with Crippen molar-refractivity contribution in [2.75, 3.05) is 38.0 Å². The summed E-state index contributed by atoms with van der Waals surface area (Å²) in [4.78, 5) is 28.6. The zero-order valence-electron chi connectivity index (χ0n) is 16.8. The fraction of sp³-hybridized carbons (Fsp3) is 0.304. The number of hydrogen-bond acceptors (Lipinski definition) is 3. The molecule has 0 radical (unpaired) electrons. The van der Waals surface area contributed by atoms with Crippen molar-refractivity contribution in [1.29, 1.82) is 0 Å². The van der Waals surface area contributed by atoms with Crippen molar-refractivity contribution >= 4 is 23.6 Å². The minimum absolute atomic E-state index is 0.0432. The van der Waals surface area contributed by atoms with Crippen LogP contribution in [-0.2, 0) is 9.59 Å². The summed E-state index contributed by atoms with van der Waals surface area (Å²) in [5, 5.41) is 3.00. The van der Waals surface area contributed by atoms with E-state index in [0.717, 1.165) is 22.4 Å². The Kier molecular flexibility index (Phi) is 6.77. The summed E-state index contributed by atoms with van der Waals surface area (Å²) in [5.41, 5.74) is 3.74. The van der Waals surface area contributed by atoms with Gasteiger partial charge >= 0.3 is 0 Å². The SMILES string of the molecule is Cc1cccc(C)c1NC(=O)CN1CCN(C(=O)/C=C/c2ccc(F)cc2)CC1. The van der Waals surface area contributed by atoms with Gasteiger partial charge in [-0.2, -0.15) is 0 Å². The minimum atomic E-state index is -0.300. The van der Waals surface area contributed by atoms with Gasteiger partial charge in [0.05, 0.1) is 6.54 Å². The van der Waals surface area contributed by atoms with Crippen LogP contribution < -0.4 is 5.32 Å². The molecular weight excluding hydrogens is 369 g/mol. The number of amides is 2. The molecule has 1 N–H and O–H groups in total. The molecule has 6 heteroatoms. The van der Waals surface area contributed by atoms with Gasteiger partial charge < -0.3 is 10.2 Å². The zero-order valence-corrected chi connectivity index (χ0v) is 16.8. The molecule has 0 saturated carbocycles. The number of carbonyl (C=O) groups excluding carboxylic acids is 2. The van der Waals surface area contributed by atoms with E-state index in [4.69, 9.17) is 0 Å². The van der Waals surface area contributed by atoms with Gasteiger partial charge in [0.1, 0.15) is 5.82 Å². The van der Waals surface area contributed by atoms with Crippen LogP contribution in [0.3, 0.4) is 0 Å². The first-order valence-corrected chi connectivity index (χ1v) is 9.73. The Bertz CT molecular complexity index is 881. The molecule has 3 rings (SSSR count). The number of para-hydroxylation sites is 1. The molecule has 0 aliphatic carbocycles. The lowest BCUT2D eigenvalue weighted by Gasteiger charge is -2.33. The number of anilines is 1. The molecule has 5 nitrogen and oxygen atoms in total. The molecule has 0 atom stereocenters. The van der Waals surface area contributed by atoms with Crippen LogP contribution in [0.15, 0.2) is 48.5 Å². The van der Waals surface area contributed by atoms with E-state index in [-0.39, 0.29) is 17.6 Å². The first-order valence-electron chi connectivity index (χ1n) is 9.73. The Labute approximate surface area is 170 Å². The molecule has 152 valence electrons. The van der Waals surface area contributed by atoms with E-state index >= 15 is 0 Å². The number of benzene rings is 2. The van der Waals surface area contributed by atoms with Crippen LogP contribution in [0.25, 0.3) is 6.08 Å². The summed E-state index contributed by atoms with van der Waals surface area (Å²) in [6.07, 6.45) is 3.20. The van der Waals surface area contributed by atoms with Crippen molar-refractivity contribution in [2.24, 2.45) is 0 Å². The molecule has 2 aromatic rings. The third-order valence-corrected chi connectivity index (χ3v) is 5.09. The first-order chi connectivity index (χ1) is 13.9. The van der Waals surface area contributed by atoms with Crippen LogP contribution in [0.4, 0.5) is 10.1 Å². The van der Waals surface area contributed by atoms with Crippen molar-refractivity contribution in [3.63, 3.8) is 0 Å². The third-order valence-electron chi connectivity index (χ3n) is 5.09. The van der Waals surface area contributed by atoms with E-state index in [1.165, 1.54) is 18.2 Å². The highest BCUT2D eigenvalue weighted by Crippen LogP contribution is 2.19. The molecule has 1 aliphatic rings. The van der Waals surface area contributed by atoms with Gasteiger partial charge in [-0.25, -0.2) is 4.39 Å². The highest BCUT2D eigenvalue weighted by Gasteiger charge is 2.21. The Morgan fingerprint density at radius 3 is 2.24 bits per heavy atom. The van der Waals surface area contributed by atoms with Crippen molar-refractivity contribution in [2.45, 2.75) is 13.8 Å². The summed E-state index contributed by atoms with van der Waals surface area (Å²) in [7, 11) is 0. The molecule has 1 saturated heterocycles. The minimum Gasteiger partial charge on any atom is -0.337 e. The van der Waals surface area contributed by atoms with Gasteiger partial charge in [-0.15, -0.1) is 0 Å². The maximum absolute atomic E-state index is 12.9. The fourth-order valence-corrected chi connectivity index (χ4v) is 3.37. The van der Waals surface area contributed by atoms with E-state index in [9.17, 15) is 14.0 Å². The van der Waals surface area contributed by atoms with Crippen molar-refractivity contribution in [3.05, 3.63) is 71.0 Å². The Morgan fingerprint density at radius 2 is 1.62 bits per heavy atom. The standard InChI is InChI=1S/C23H26FN3O2/c1-17-4-3-5-18(2)23(17)25-21(28)16-26-12-14-27(15-13-26)22(29)11-8-19-6-9-20(24)10-7-19/h3-11H,12-16H2,1-2H3,(H,25,28)/b11-8+. The second-order valence-corrected chi connectivity index (χ2v) is 7.30. The van der Waals surface area contributed by atoms with Gasteiger partial charge in [0.2, 0.25) is 11.8 Å². The van der Waals surface area contributed by atoms with Crippen LogP contribution in [0.5, 0.6) is 0 Å². The van der Waals surface area contributed by atoms with Crippen molar-refractivity contribution < 1.29 is 14.0 Å². The van der Waals surface area contributed by atoms with E-state index in [0.29, 0.717) is 32.7 Å². The molecule has 2 aromatic carbocycles. The van der Waals surface area contributed by atoms with Crippen LogP contribution >= 0.6 is 0 Å². The topological polar surface area (TPSA) is 52.7 Å². The van der Waals surface area contributed by atoms with E-state index in [1.54, 1.807) is 23.1 Å². The molecular formula is C23H26FN3O2. The highest BCUT2D eigenvalue weighted by atomic mass is 19.1. The highest BCUT2D eigenvalue weighted by molar-refractivity contribution is 5.94.